The molecule has 0 saturated heterocycles. The van der Waals surface area contributed by atoms with Gasteiger partial charge in [0, 0.05) is 6.20 Å². The third-order valence-corrected chi connectivity index (χ3v) is 2.30. The number of nitrogen functional groups attached to an aromatic ring is 1. The number of para-hydroxylation sites is 1. The first-order chi connectivity index (χ1) is 9.38. The Morgan fingerprint density at radius 1 is 1.20 bits per heavy atom. The zero-order valence-corrected chi connectivity index (χ0v) is 9.98. The quantitative estimate of drug-likeness (QED) is 0.669. The Morgan fingerprint density at radius 2 is 1.90 bits per heavy atom. The minimum absolute atomic E-state index is 0.0690. The molecule has 0 unspecified atom stereocenters. The number of aromatic nitrogens is 2. The number of nitrogens with zero attached hydrogens (tertiary/aromatic N) is 2. The number of benzene rings is 1. The Labute approximate surface area is 111 Å². The average molecular weight is 282 g/mol. The molecule has 0 aliphatic heterocycles. The lowest BCUT2D eigenvalue weighted by Crippen LogP contribution is -2.14. The van der Waals surface area contributed by atoms with Crippen LogP contribution in [0.4, 0.5) is 13.2 Å². The molecule has 1 heterocycles. The molecular formula is C12H9F3N4O. The van der Waals surface area contributed by atoms with Gasteiger partial charge in [-0.05, 0) is 18.2 Å². The first-order valence-corrected chi connectivity index (χ1v) is 5.39. The lowest BCUT2D eigenvalue weighted by atomic mass is 10.2. The van der Waals surface area contributed by atoms with E-state index in [-0.39, 0.29) is 17.5 Å². The number of alkyl halides is 3. The Morgan fingerprint density at radius 3 is 2.55 bits per heavy atom. The summed E-state index contributed by atoms with van der Waals surface area (Å²) in [6, 6.07) is 5.75. The van der Waals surface area contributed by atoms with Crippen molar-refractivity contribution in [3.63, 3.8) is 0 Å². The van der Waals surface area contributed by atoms with Crippen LogP contribution in [0.5, 0.6) is 11.8 Å². The molecule has 0 atom stereocenters. The SMILES string of the molecule is N=C(N)c1ccnc(Oc2ccccc2C(F)(F)F)n1. The van der Waals surface area contributed by atoms with Gasteiger partial charge in [-0.3, -0.25) is 5.41 Å². The van der Waals surface area contributed by atoms with Crippen LogP contribution in [0.25, 0.3) is 0 Å². The van der Waals surface area contributed by atoms with Crippen LogP contribution in [0.1, 0.15) is 11.3 Å². The molecule has 0 amide bonds. The van der Waals surface area contributed by atoms with Crippen molar-refractivity contribution < 1.29 is 17.9 Å². The van der Waals surface area contributed by atoms with Crippen LogP contribution in [0.2, 0.25) is 0 Å². The van der Waals surface area contributed by atoms with Crippen molar-refractivity contribution in [1.29, 1.82) is 5.41 Å². The Hall–Kier alpha value is -2.64. The maximum Gasteiger partial charge on any atom is 0.419 e. The highest BCUT2D eigenvalue weighted by molar-refractivity contribution is 5.92. The lowest BCUT2D eigenvalue weighted by molar-refractivity contribution is -0.138. The third kappa shape index (κ3) is 3.02. The van der Waals surface area contributed by atoms with Crippen molar-refractivity contribution in [3.05, 3.63) is 47.8 Å². The number of halogens is 3. The summed E-state index contributed by atoms with van der Waals surface area (Å²) in [4.78, 5) is 7.43. The fraction of sp³-hybridized carbons (Fsp3) is 0.0833. The first kappa shape index (κ1) is 13.8. The van der Waals surface area contributed by atoms with E-state index in [1.54, 1.807) is 0 Å². The standard InChI is InChI=1S/C12H9F3N4O/c13-12(14,15)7-3-1-2-4-9(7)20-11-18-6-5-8(19-11)10(16)17/h1-6H,(H3,16,17). The van der Waals surface area contributed by atoms with Gasteiger partial charge in [-0.15, -0.1) is 0 Å². The summed E-state index contributed by atoms with van der Waals surface area (Å²) in [7, 11) is 0. The zero-order valence-electron chi connectivity index (χ0n) is 9.98. The fourth-order valence-electron chi connectivity index (χ4n) is 1.43. The van der Waals surface area contributed by atoms with Gasteiger partial charge >= 0.3 is 12.2 Å². The van der Waals surface area contributed by atoms with E-state index >= 15 is 0 Å². The second-order valence-electron chi connectivity index (χ2n) is 3.73. The van der Waals surface area contributed by atoms with Crippen molar-refractivity contribution in [2.45, 2.75) is 6.18 Å². The molecule has 8 heteroatoms. The second-order valence-corrected chi connectivity index (χ2v) is 3.73. The number of nitrogens with one attached hydrogen (secondary N) is 1. The molecule has 0 radical (unpaired) electrons. The number of hydrogen-bond acceptors (Lipinski definition) is 4. The molecule has 1 aromatic carbocycles. The van der Waals surface area contributed by atoms with Crippen molar-refractivity contribution >= 4 is 5.84 Å². The van der Waals surface area contributed by atoms with Crippen molar-refractivity contribution in [2.75, 3.05) is 0 Å². The van der Waals surface area contributed by atoms with Gasteiger partial charge in [-0.25, -0.2) is 4.98 Å². The minimum Gasteiger partial charge on any atom is -0.424 e. The van der Waals surface area contributed by atoms with Crippen LogP contribution in [0, 0.1) is 5.41 Å². The molecule has 0 fully saturated rings. The predicted molar refractivity (Wildman–Crippen MR) is 64.6 cm³/mol. The molecule has 0 aliphatic rings. The van der Waals surface area contributed by atoms with E-state index in [1.807, 2.05) is 0 Å². The normalized spacial score (nSPS) is 11.2. The van der Waals surface area contributed by atoms with Gasteiger partial charge in [0.15, 0.2) is 0 Å². The lowest BCUT2D eigenvalue weighted by Gasteiger charge is -2.12. The molecule has 1 aromatic heterocycles. The monoisotopic (exact) mass is 282 g/mol. The zero-order chi connectivity index (χ0) is 14.8. The van der Waals surface area contributed by atoms with Crippen molar-refractivity contribution in [2.24, 2.45) is 5.73 Å². The summed E-state index contributed by atoms with van der Waals surface area (Å²) in [6.45, 7) is 0. The number of rotatable bonds is 3. The molecule has 0 saturated carbocycles. The highest BCUT2D eigenvalue weighted by atomic mass is 19.4. The fourth-order valence-corrected chi connectivity index (χ4v) is 1.43. The highest BCUT2D eigenvalue weighted by Crippen LogP contribution is 2.37. The van der Waals surface area contributed by atoms with Gasteiger partial charge in [0.2, 0.25) is 0 Å². The summed E-state index contributed by atoms with van der Waals surface area (Å²) >= 11 is 0. The summed E-state index contributed by atoms with van der Waals surface area (Å²) < 4.78 is 43.4. The summed E-state index contributed by atoms with van der Waals surface area (Å²) in [5.74, 6) is -0.748. The van der Waals surface area contributed by atoms with E-state index in [0.29, 0.717) is 0 Å². The highest BCUT2D eigenvalue weighted by Gasteiger charge is 2.34. The van der Waals surface area contributed by atoms with Crippen LogP contribution < -0.4 is 10.5 Å². The van der Waals surface area contributed by atoms with Crippen molar-refractivity contribution in [3.8, 4) is 11.8 Å². The third-order valence-electron chi connectivity index (χ3n) is 2.30. The van der Waals surface area contributed by atoms with Crippen LogP contribution >= 0.6 is 0 Å². The molecule has 2 rings (SSSR count). The maximum atomic E-state index is 12.8. The maximum absolute atomic E-state index is 12.8. The molecule has 104 valence electrons. The topological polar surface area (TPSA) is 84.9 Å². The summed E-state index contributed by atoms with van der Waals surface area (Å²) in [5, 5.41) is 7.21. The van der Waals surface area contributed by atoms with E-state index in [1.165, 1.54) is 24.4 Å². The number of amidine groups is 1. The Balaban J connectivity index is 2.36. The Kier molecular flexibility index (Phi) is 3.55. The van der Waals surface area contributed by atoms with Gasteiger partial charge in [0.1, 0.15) is 17.3 Å². The molecule has 0 aliphatic carbocycles. The largest absolute Gasteiger partial charge is 0.424 e. The molecule has 0 spiro atoms. The average Bonchev–Trinajstić information content (AvgIpc) is 2.38. The van der Waals surface area contributed by atoms with E-state index in [2.05, 4.69) is 9.97 Å². The van der Waals surface area contributed by atoms with E-state index in [4.69, 9.17) is 15.9 Å². The minimum atomic E-state index is -4.55. The smallest absolute Gasteiger partial charge is 0.419 e. The molecule has 5 nitrogen and oxygen atoms in total. The number of hydrogen-bond donors (Lipinski definition) is 2. The molecule has 20 heavy (non-hydrogen) atoms. The van der Waals surface area contributed by atoms with Gasteiger partial charge in [-0.2, -0.15) is 18.2 Å². The van der Waals surface area contributed by atoms with Gasteiger partial charge in [0.05, 0.1) is 5.56 Å². The Bertz CT molecular complexity index is 643. The first-order valence-electron chi connectivity index (χ1n) is 5.39. The van der Waals surface area contributed by atoms with Crippen molar-refractivity contribution in [1.82, 2.24) is 9.97 Å². The summed E-state index contributed by atoms with van der Waals surface area (Å²) in [5.41, 5.74) is 4.37. The van der Waals surface area contributed by atoms with Crippen LogP contribution in [-0.2, 0) is 6.18 Å². The molecule has 2 aromatic rings. The van der Waals surface area contributed by atoms with E-state index in [9.17, 15) is 13.2 Å². The predicted octanol–water partition coefficient (Wildman–Crippen LogP) is 2.57. The second kappa shape index (κ2) is 5.16. The molecular weight excluding hydrogens is 273 g/mol. The number of nitrogens with two attached hydrogens (primary N) is 1. The number of ether oxygens (including phenoxy) is 1. The van der Waals surface area contributed by atoms with Gasteiger partial charge in [0.25, 0.3) is 0 Å². The van der Waals surface area contributed by atoms with E-state index in [0.717, 1.165) is 12.1 Å². The van der Waals surface area contributed by atoms with Crippen LogP contribution in [-0.4, -0.2) is 15.8 Å². The van der Waals surface area contributed by atoms with Crippen LogP contribution in [0.15, 0.2) is 36.5 Å². The van der Waals surface area contributed by atoms with Gasteiger partial charge < -0.3 is 10.5 Å². The van der Waals surface area contributed by atoms with Gasteiger partial charge in [-0.1, -0.05) is 12.1 Å². The summed E-state index contributed by atoms with van der Waals surface area (Å²) in [6.07, 6.45) is -3.30. The van der Waals surface area contributed by atoms with E-state index < -0.39 is 17.5 Å². The van der Waals surface area contributed by atoms with Crippen LogP contribution in [0.3, 0.4) is 0 Å². The molecule has 0 bridgehead atoms. The molecule has 3 N–H and O–H groups in total.